The Hall–Kier alpha value is -3.43. The smallest absolute Gasteiger partial charge is 0.433 e. The number of hydrogen-bond donors (Lipinski definition) is 0. The lowest BCUT2D eigenvalue weighted by atomic mass is 9.99. The van der Waals surface area contributed by atoms with Crippen molar-refractivity contribution in [3.05, 3.63) is 54.2 Å². The highest BCUT2D eigenvalue weighted by atomic mass is 19.4. The summed E-state index contributed by atoms with van der Waals surface area (Å²) in [4.78, 5) is 21.8. The van der Waals surface area contributed by atoms with Crippen molar-refractivity contribution in [2.45, 2.75) is 45.6 Å². The van der Waals surface area contributed by atoms with Crippen LogP contribution in [0.1, 0.15) is 32.2 Å². The minimum absolute atomic E-state index is 0.258. The predicted molar refractivity (Wildman–Crippen MR) is 110 cm³/mol. The van der Waals surface area contributed by atoms with Gasteiger partial charge in [0.2, 0.25) is 0 Å². The summed E-state index contributed by atoms with van der Waals surface area (Å²) >= 11 is 0. The van der Waals surface area contributed by atoms with Crippen molar-refractivity contribution in [2.75, 3.05) is 6.54 Å². The summed E-state index contributed by atoms with van der Waals surface area (Å²) in [7, 11) is 0. The number of amides is 1. The van der Waals surface area contributed by atoms with E-state index in [0.717, 1.165) is 22.9 Å². The van der Waals surface area contributed by atoms with Crippen molar-refractivity contribution >= 4 is 6.09 Å². The van der Waals surface area contributed by atoms with E-state index in [0.29, 0.717) is 24.3 Å². The van der Waals surface area contributed by atoms with Crippen LogP contribution in [0.4, 0.5) is 18.0 Å². The molecule has 3 aromatic rings. The van der Waals surface area contributed by atoms with Crippen LogP contribution in [0.2, 0.25) is 0 Å². The van der Waals surface area contributed by atoms with E-state index >= 15 is 0 Å². The van der Waals surface area contributed by atoms with E-state index in [1.807, 2.05) is 0 Å². The highest BCUT2D eigenvalue weighted by molar-refractivity contribution is 5.83. The zero-order valence-electron chi connectivity index (χ0n) is 17.8. The van der Waals surface area contributed by atoms with Crippen LogP contribution in [0, 0.1) is 0 Å². The SMILES string of the molecule is CC(C)(C)OC(=O)N1CCn2nc(-c3ccc(C(F)(F)F)nc3)c(-c3ccncc3)c2C1. The molecule has 1 aliphatic rings. The van der Waals surface area contributed by atoms with Crippen molar-refractivity contribution in [2.24, 2.45) is 0 Å². The van der Waals surface area contributed by atoms with Gasteiger partial charge in [0.05, 0.1) is 18.8 Å². The molecule has 32 heavy (non-hydrogen) atoms. The molecule has 168 valence electrons. The summed E-state index contributed by atoms with van der Waals surface area (Å²) in [6.07, 6.45) is -0.518. The quantitative estimate of drug-likeness (QED) is 0.568. The number of rotatable bonds is 2. The molecule has 1 amide bonds. The molecule has 0 spiro atoms. The maximum absolute atomic E-state index is 12.9. The molecule has 0 aromatic carbocycles. The van der Waals surface area contributed by atoms with Crippen molar-refractivity contribution in [1.82, 2.24) is 24.6 Å². The van der Waals surface area contributed by atoms with Gasteiger partial charge in [-0.1, -0.05) is 0 Å². The van der Waals surface area contributed by atoms with E-state index in [1.54, 1.807) is 54.9 Å². The molecule has 1 aliphatic heterocycles. The Balaban J connectivity index is 1.76. The molecule has 0 N–H and O–H groups in total. The highest BCUT2D eigenvalue weighted by Crippen LogP contribution is 2.37. The van der Waals surface area contributed by atoms with Crippen LogP contribution in [-0.2, 0) is 24.0 Å². The molecule has 0 aliphatic carbocycles. The first kappa shape index (κ1) is 21.8. The van der Waals surface area contributed by atoms with Crippen LogP contribution >= 0.6 is 0 Å². The van der Waals surface area contributed by atoms with E-state index in [2.05, 4.69) is 15.1 Å². The zero-order valence-corrected chi connectivity index (χ0v) is 17.8. The molecular formula is C22H22F3N5O2. The average molecular weight is 445 g/mol. The molecule has 0 saturated carbocycles. The lowest BCUT2D eigenvalue weighted by molar-refractivity contribution is -0.141. The standard InChI is InChI=1S/C22H22F3N5O2/c1-21(2,3)32-20(31)29-10-11-30-16(13-29)18(14-6-8-26-9-7-14)19(28-30)15-4-5-17(27-12-15)22(23,24)25/h4-9,12H,10-11,13H2,1-3H3. The second kappa shape index (κ2) is 7.92. The highest BCUT2D eigenvalue weighted by Gasteiger charge is 2.33. The normalized spacial score (nSPS) is 14.2. The van der Waals surface area contributed by atoms with E-state index in [4.69, 9.17) is 4.74 Å². The van der Waals surface area contributed by atoms with Gasteiger partial charge in [0.1, 0.15) is 17.0 Å². The van der Waals surface area contributed by atoms with E-state index in [1.165, 1.54) is 12.3 Å². The topological polar surface area (TPSA) is 73.1 Å². The maximum atomic E-state index is 12.9. The van der Waals surface area contributed by atoms with Crippen molar-refractivity contribution in [3.8, 4) is 22.4 Å². The molecule has 0 radical (unpaired) electrons. The van der Waals surface area contributed by atoms with Gasteiger partial charge in [-0.15, -0.1) is 0 Å². The number of fused-ring (bicyclic) bond motifs is 1. The molecule has 4 heterocycles. The number of aromatic nitrogens is 4. The Morgan fingerprint density at radius 3 is 2.34 bits per heavy atom. The molecular weight excluding hydrogens is 423 g/mol. The molecule has 3 aromatic heterocycles. The summed E-state index contributed by atoms with van der Waals surface area (Å²) in [5.74, 6) is 0. The number of nitrogens with zero attached hydrogens (tertiary/aromatic N) is 5. The fourth-order valence-electron chi connectivity index (χ4n) is 3.53. The van der Waals surface area contributed by atoms with Gasteiger partial charge in [0.15, 0.2) is 0 Å². The number of ether oxygens (including phenoxy) is 1. The van der Waals surface area contributed by atoms with E-state index in [-0.39, 0.29) is 6.54 Å². The van der Waals surface area contributed by atoms with E-state index in [9.17, 15) is 18.0 Å². The average Bonchev–Trinajstić information content (AvgIpc) is 3.11. The molecule has 0 atom stereocenters. The van der Waals surface area contributed by atoms with Crippen LogP contribution < -0.4 is 0 Å². The molecule has 0 fully saturated rings. The fourth-order valence-corrected chi connectivity index (χ4v) is 3.53. The van der Waals surface area contributed by atoms with Gasteiger partial charge in [-0.05, 0) is 50.6 Å². The molecule has 0 saturated heterocycles. The summed E-state index contributed by atoms with van der Waals surface area (Å²) in [5, 5.41) is 4.65. The predicted octanol–water partition coefficient (Wildman–Crippen LogP) is 4.78. The Morgan fingerprint density at radius 1 is 1.03 bits per heavy atom. The summed E-state index contributed by atoms with van der Waals surface area (Å²) in [6, 6.07) is 5.90. The maximum Gasteiger partial charge on any atom is 0.433 e. The largest absolute Gasteiger partial charge is 0.444 e. The third kappa shape index (κ3) is 4.44. The fraction of sp³-hybridized carbons (Fsp3) is 0.364. The second-order valence-corrected chi connectivity index (χ2v) is 8.46. The Labute approximate surface area is 182 Å². The first-order valence-corrected chi connectivity index (χ1v) is 10.0. The number of hydrogen-bond acceptors (Lipinski definition) is 5. The molecule has 4 rings (SSSR count). The van der Waals surface area contributed by atoms with Crippen LogP contribution in [0.25, 0.3) is 22.4 Å². The Morgan fingerprint density at radius 2 is 1.75 bits per heavy atom. The third-order valence-electron chi connectivity index (χ3n) is 4.93. The molecule has 7 nitrogen and oxygen atoms in total. The molecule has 0 unspecified atom stereocenters. The van der Waals surface area contributed by atoms with Crippen molar-refractivity contribution < 1.29 is 22.7 Å². The van der Waals surface area contributed by atoms with Crippen molar-refractivity contribution in [1.29, 1.82) is 0 Å². The Kier molecular flexibility index (Phi) is 5.39. The van der Waals surface area contributed by atoms with Gasteiger partial charge >= 0.3 is 12.3 Å². The number of carbonyl (C=O) groups is 1. The zero-order chi connectivity index (χ0) is 23.1. The van der Waals surface area contributed by atoms with Crippen LogP contribution in [0.3, 0.4) is 0 Å². The van der Waals surface area contributed by atoms with Crippen LogP contribution in [0.5, 0.6) is 0 Å². The summed E-state index contributed by atoms with van der Waals surface area (Å²) in [6.45, 7) is 6.50. The molecule has 10 heteroatoms. The number of carbonyl (C=O) groups excluding carboxylic acids is 1. The minimum atomic E-state index is -4.52. The van der Waals surface area contributed by atoms with Gasteiger partial charge in [0.25, 0.3) is 0 Å². The molecule has 0 bridgehead atoms. The summed E-state index contributed by atoms with van der Waals surface area (Å²) < 4.78 is 46.1. The first-order chi connectivity index (χ1) is 15.0. The Bertz CT molecular complexity index is 1120. The monoisotopic (exact) mass is 445 g/mol. The first-order valence-electron chi connectivity index (χ1n) is 10.0. The van der Waals surface area contributed by atoms with E-state index < -0.39 is 23.6 Å². The van der Waals surface area contributed by atoms with Crippen molar-refractivity contribution in [3.63, 3.8) is 0 Å². The summed E-state index contributed by atoms with van der Waals surface area (Å²) in [5.41, 5.74) is 1.65. The van der Waals surface area contributed by atoms with Gasteiger partial charge in [0, 0.05) is 36.3 Å². The van der Waals surface area contributed by atoms with Gasteiger partial charge in [-0.3, -0.25) is 14.6 Å². The van der Waals surface area contributed by atoms with Crippen LogP contribution in [-0.4, -0.2) is 42.9 Å². The van der Waals surface area contributed by atoms with Crippen LogP contribution in [0.15, 0.2) is 42.9 Å². The van der Waals surface area contributed by atoms with Gasteiger partial charge < -0.3 is 9.64 Å². The minimum Gasteiger partial charge on any atom is -0.444 e. The van der Waals surface area contributed by atoms with Gasteiger partial charge in [-0.2, -0.15) is 18.3 Å². The lowest BCUT2D eigenvalue weighted by Gasteiger charge is -2.30. The number of alkyl halides is 3. The van der Waals surface area contributed by atoms with Gasteiger partial charge in [-0.25, -0.2) is 4.79 Å². The number of halogens is 3. The number of pyridine rings is 2. The second-order valence-electron chi connectivity index (χ2n) is 8.46. The lowest BCUT2D eigenvalue weighted by Crippen LogP contribution is -2.41. The third-order valence-corrected chi connectivity index (χ3v) is 4.93.